The molecule has 0 atom stereocenters. The number of aromatic nitrogens is 5. The fraction of sp³-hybridized carbons (Fsp3) is 0.381. The molecule has 0 radical (unpaired) electrons. The Kier molecular flexibility index (Phi) is 5.24. The first kappa shape index (κ1) is 19.0. The number of nitrogens with zero attached hydrogens (tertiary/aromatic N) is 6. The van der Waals surface area contributed by atoms with E-state index in [2.05, 4.69) is 42.6 Å². The van der Waals surface area contributed by atoms with Gasteiger partial charge in [0.05, 0.1) is 11.1 Å². The van der Waals surface area contributed by atoms with Gasteiger partial charge in [-0.25, -0.2) is 4.98 Å². The van der Waals surface area contributed by atoms with Crippen molar-refractivity contribution in [1.29, 1.82) is 0 Å². The van der Waals surface area contributed by atoms with Crippen molar-refractivity contribution in [3.63, 3.8) is 0 Å². The third-order valence-electron chi connectivity index (χ3n) is 5.40. The fourth-order valence-electron chi connectivity index (χ4n) is 3.75. The van der Waals surface area contributed by atoms with Crippen LogP contribution in [-0.4, -0.2) is 50.5 Å². The maximum absolute atomic E-state index is 13.2. The average Bonchev–Trinajstić information content (AvgIpc) is 3.11. The molecule has 1 aromatic carbocycles. The second kappa shape index (κ2) is 7.98. The van der Waals surface area contributed by atoms with E-state index in [1.807, 2.05) is 44.3 Å². The summed E-state index contributed by atoms with van der Waals surface area (Å²) >= 11 is 0. The minimum absolute atomic E-state index is 0.0693. The van der Waals surface area contributed by atoms with Crippen LogP contribution in [0.5, 0.6) is 0 Å². The molecule has 0 spiro atoms. The van der Waals surface area contributed by atoms with Crippen molar-refractivity contribution in [2.24, 2.45) is 12.5 Å². The van der Waals surface area contributed by atoms with Crippen LogP contribution in [0.4, 0.5) is 5.82 Å². The number of anilines is 1. The summed E-state index contributed by atoms with van der Waals surface area (Å²) < 4.78 is 1.73. The van der Waals surface area contributed by atoms with Crippen LogP contribution in [0.1, 0.15) is 17.1 Å². The van der Waals surface area contributed by atoms with Gasteiger partial charge in [-0.3, -0.25) is 9.48 Å². The van der Waals surface area contributed by atoms with E-state index in [-0.39, 0.29) is 5.91 Å². The lowest BCUT2D eigenvalue weighted by Crippen LogP contribution is -2.65. The maximum atomic E-state index is 13.2. The van der Waals surface area contributed by atoms with Crippen LogP contribution in [0.2, 0.25) is 0 Å². The zero-order chi connectivity index (χ0) is 20.3. The van der Waals surface area contributed by atoms with E-state index in [4.69, 9.17) is 0 Å². The highest BCUT2D eigenvalue weighted by Gasteiger charge is 2.49. The number of rotatable bonds is 7. The van der Waals surface area contributed by atoms with Gasteiger partial charge >= 0.3 is 0 Å². The number of amides is 1. The molecule has 4 rings (SSSR count). The van der Waals surface area contributed by atoms with Gasteiger partial charge in [0.1, 0.15) is 12.2 Å². The Morgan fingerprint density at radius 3 is 2.59 bits per heavy atom. The molecule has 1 fully saturated rings. The summed E-state index contributed by atoms with van der Waals surface area (Å²) in [6.07, 6.45) is 2.87. The highest BCUT2D eigenvalue weighted by atomic mass is 16.2. The molecule has 8 nitrogen and oxygen atoms in total. The van der Waals surface area contributed by atoms with Gasteiger partial charge in [-0.2, -0.15) is 10.2 Å². The Morgan fingerprint density at radius 2 is 1.93 bits per heavy atom. The van der Waals surface area contributed by atoms with E-state index in [0.29, 0.717) is 32.5 Å². The van der Waals surface area contributed by atoms with Gasteiger partial charge in [0.2, 0.25) is 5.91 Å². The lowest BCUT2D eigenvalue weighted by atomic mass is 9.73. The van der Waals surface area contributed by atoms with Crippen molar-refractivity contribution in [3.05, 3.63) is 65.9 Å². The van der Waals surface area contributed by atoms with Crippen LogP contribution >= 0.6 is 0 Å². The average molecular weight is 391 g/mol. The zero-order valence-corrected chi connectivity index (χ0v) is 16.7. The number of carbonyl (C=O) groups is 1. The molecule has 1 amide bonds. The normalized spacial score (nSPS) is 15.0. The van der Waals surface area contributed by atoms with E-state index < -0.39 is 5.41 Å². The first-order valence-corrected chi connectivity index (χ1v) is 9.76. The Hall–Kier alpha value is -3.29. The van der Waals surface area contributed by atoms with Crippen molar-refractivity contribution in [2.75, 3.05) is 24.5 Å². The topological polar surface area (TPSA) is 88.8 Å². The number of hydrogen-bond acceptors (Lipinski definition) is 6. The van der Waals surface area contributed by atoms with Crippen molar-refractivity contribution in [1.82, 2.24) is 30.3 Å². The van der Waals surface area contributed by atoms with Gasteiger partial charge in [0.25, 0.3) is 0 Å². The minimum atomic E-state index is -0.478. The lowest BCUT2D eigenvalue weighted by molar-refractivity contribution is -0.132. The summed E-state index contributed by atoms with van der Waals surface area (Å²) in [5.74, 6) is 1.73. The smallest absolute Gasteiger partial charge is 0.230 e. The molecule has 1 N–H and O–H groups in total. The quantitative estimate of drug-likeness (QED) is 0.654. The standard InChI is InChI=1S/C21H25N7O/c1-16-8-9-19(26-25-16)28-13-21(14-28,12-17-6-4-3-5-7-17)20(29)22-11-10-18-23-15-24-27(18)2/h3-9,15H,10-14H2,1-2H3,(H,22,29). The molecule has 1 aliphatic heterocycles. The molecule has 1 aliphatic rings. The number of carbonyl (C=O) groups excluding carboxylic acids is 1. The third kappa shape index (κ3) is 4.11. The first-order chi connectivity index (χ1) is 14.1. The summed E-state index contributed by atoms with van der Waals surface area (Å²) in [5.41, 5.74) is 1.56. The number of benzene rings is 1. The number of nitrogens with one attached hydrogen (secondary N) is 1. The van der Waals surface area contributed by atoms with Gasteiger partial charge in [-0.05, 0) is 31.0 Å². The van der Waals surface area contributed by atoms with Crippen LogP contribution < -0.4 is 10.2 Å². The van der Waals surface area contributed by atoms with Crippen molar-refractivity contribution < 1.29 is 4.79 Å². The van der Waals surface area contributed by atoms with Crippen molar-refractivity contribution >= 4 is 11.7 Å². The molecular formula is C21H25N7O. The Labute approximate surface area is 170 Å². The number of hydrogen-bond donors (Lipinski definition) is 1. The van der Waals surface area contributed by atoms with Crippen LogP contribution in [0.3, 0.4) is 0 Å². The Morgan fingerprint density at radius 1 is 1.14 bits per heavy atom. The summed E-state index contributed by atoms with van der Waals surface area (Å²) in [4.78, 5) is 19.5. The molecule has 0 saturated carbocycles. The fourth-order valence-corrected chi connectivity index (χ4v) is 3.75. The molecule has 1 saturated heterocycles. The third-order valence-corrected chi connectivity index (χ3v) is 5.40. The van der Waals surface area contributed by atoms with Gasteiger partial charge in [-0.15, -0.1) is 5.10 Å². The highest BCUT2D eigenvalue weighted by Crippen LogP contribution is 2.37. The largest absolute Gasteiger partial charge is 0.355 e. The second-order valence-corrected chi connectivity index (χ2v) is 7.64. The highest BCUT2D eigenvalue weighted by molar-refractivity contribution is 5.86. The maximum Gasteiger partial charge on any atom is 0.230 e. The molecule has 0 bridgehead atoms. The molecule has 29 heavy (non-hydrogen) atoms. The lowest BCUT2D eigenvalue weighted by Gasteiger charge is -2.49. The van der Waals surface area contributed by atoms with Crippen LogP contribution in [0, 0.1) is 12.3 Å². The van der Waals surface area contributed by atoms with E-state index in [1.165, 1.54) is 6.33 Å². The van der Waals surface area contributed by atoms with Crippen molar-refractivity contribution in [2.45, 2.75) is 19.8 Å². The Bertz CT molecular complexity index is 962. The monoisotopic (exact) mass is 391 g/mol. The molecule has 0 aliphatic carbocycles. The van der Waals surface area contributed by atoms with E-state index >= 15 is 0 Å². The van der Waals surface area contributed by atoms with Gasteiger partial charge in [0.15, 0.2) is 5.82 Å². The summed E-state index contributed by atoms with van der Waals surface area (Å²) in [6.45, 7) is 3.69. The van der Waals surface area contributed by atoms with Gasteiger partial charge in [-0.1, -0.05) is 30.3 Å². The minimum Gasteiger partial charge on any atom is -0.355 e. The first-order valence-electron chi connectivity index (χ1n) is 9.76. The molecule has 3 heterocycles. The molecular weight excluding hydrogens is 366 g/mol. The molecule has 0 unspecified atom stereocenters. The summed E-state index contributed by atoms with van der Waals surface area (Å²) in [5, 5.41) is 15.6. The predicted octanol–water partition coefficient (Wildman–Crippen LogP) is 1.32. The Balaban J connectivity index is 1.44. The van der Waals surface area contributed by atoms with Crippen LogP contribution in [0.25, 0.3) is 0 Å². The van der Waals surface area contributed by atoms with E-state index in [1.54, 1.807) is 4.68 Å². The van der Waals surface area contributed by atoms with Crippen molar-refractivity contribution in [3.8, 4) is 0 Å². The van der Waals surface area contributed by atoms with Crippen LogP contribution in [-0.2, 0) is 24.7 Å². The second-order valence-electron chi connectivity index (χ2n) is 7.64. The molecule has 150 valence electrons. The summed E-state index contributed by atoms with van der Waals surface area (Å²) in [7, 11) is 1.85. The van der Waals surface area contributed by atoms with Gasteiger partial charge < -0.3 is 10.2 Å². The van der Waals surface area contributed by atoms with E-state index in [0.717, 1.165) is 22.9 Å². The SMILES string of the molecule is Cc1ccc(N2CC(Cc3ccccc3)(C(=O)NCCc3ncnn3C)C2)nn1. The summed E-state index contributed by atoms with van der Waals surface area (Å²) in [6, 6.07) is 14.1. The van der Waals surface area contributed by atoms with Crippen LogP contribution in [0.15, 0.2) is 48.8 Å². The molecule has 3 aromatic rings. The molecule has 8 heteroatoms. The zero-order valence-electron chi connectivity index (χ0n) is 16.7. The number of aryl methyl sites for hydroxylation is 2. The van der Waals surface area contributed by atoms with Gasteiger partial charge in [0, 0.05) is 33.1 Å². The van der Waals surface area contributed by atoms with E-state index in [9.17, 15) is 4.79 Å². The predicted molar refractivity (Wildman–Crippen MR) is 109 cm³/mol. The molecule has 2 aromatic heterocycles.